The fourth-order valence-electron chi connectivity index (χ4n) is 4.66. The maximum Gasteiger partial charge on any atom is 0.295 e. The van der Waals surface area contributed by atoms with E-state index < -0.39 is 17.7 Å². The zero-order valence-corrected chi connectivity index (χ0v) is 21.3. The van der Waals surface area contributed by atoms with Crippen LogP contribution in [0.3, 0.4) is 0 Å². The molecule has 1 N–H and O–H groups in total. The molecule has 3 aromatic carbocycles. The zero-order chi connectivity index (χ0) is 26.6. The van der Waals surface area contributed by atoms with Crippen molar-refractivity contribution >= 4 is 17.4 Å². The maximum atomic E-state index is 13.3. The van der Waals surface area contributed by atoms with Gasteiger partial charge in [0.15, 0.2) is 0 Å². The van der Waals surface area contributed by atoms with Crippen molar-refractivity contribution in [3.8, 4) is 5.75 Å². The van der Waals surface area contributed by atoms with Crippen molar-refractivity contribution in [1.82, 2.24) is 9.88 Å². The molecule has 5 rings (SSSR count). The fourth-order valence-corrected chi connectivity index (χ4v) is 4.66. The fraction of sp³-hybridized carbons (Fsp3) is 0.156. The largest absolute Gasteiger partial charge is 0.507 e. The van der Waals surface area contributed by atoms with Crippen LogP contribution in [-0.4, -0.2) is 26.7 Å². The van der Waals surface area contributed by atoms with Gasteiger partial charge in [0.1, 0.15) is 18.1 Å². The van der Waals surface area contributed by atoms with Gasteiger partial charge in [0.05, 0.1) is 11.6 Å². The minimum absolute atomic E-state index is 0.0707. The Labute approximate surface area is 221 Å². The Hall–Kier alpha value is -4.71. The third-order valence-corrected chi connectivity index (χ3v) is 6.65. The topological polar surface area (TPSA) is 79.7 Å². The molecule has 1 atom stereocenters. The van der Waals surface area contributed by atoms with Crippen LogP contribution in [0, 0.1) is 13.8 Å². The number of carbonyl (C=O) groups is 2. The predicted octanol–water partition coefficient (Wildman–Crippen LogP) is 5.90. The molecule has 0 spiro atoms. The number of aromatic nitrogens is 1. The second-order valence-electron chi connectivity index (χ2n) is 9.50. The Kier molecular flexibility index (Phi) is 7.05. The van der Waals surface area contributed by atoms with Gasteiger partial charge in [-0.2, -0.15) is 0 Å². The lowest BCUT2D eigenvalue weighted by molar-refractivity contribution is -0.140. The van der Waals surface area contributed by atoms with E-state index in [1.165, 1.54) is 4.90 Å². The van der Waals surface area contributed by atoms with Gasteiger partial charge in [-0.15, -0.1) is 0 Å². The summed E-state index contributed by atoms with van der Waals surface area (Å²) in [5.74, 6) is -0.929. The molecule has 1 saturated heterocycles. The Balaban J connectivity index is 1.47. The van der Waals surface area contributed by atoms with Crippen molar-refractivity contribution in [3.05, 3.63) is 136 Å². The molecule has 1 aliphatic heterocycles. The monoisotopic (exact) mass is 504 g/mol. The number of amides is 1. The van der Waals surface area contributed by atoms with Crippen molar-refractivity contribution in [2.45, 2.75) is 33.0 Å². The number of aliphatic hydroxyl groups excluding tert-OH is 1. The number of aryl methyl sites for hydroxylation is 2. The molecule has 0 radical (unpaired) electrons. The van der Waals surface area contributed by atoms with E-state index in [4.69, 9.17) is 4.74 Å². The number of ether oxygens (including phenoxy) is 1. The van der Waals surface area contributed by atoms with Crippen molar-refractivity contribution in [1.29, 1.82) is 0 Å². The molecule has 6 nitrogen and oxygen atoms in total. The number of likely N-dealkylation sites (tertiary alicyclic amines) is 1. The SMILES string of the molecule is Cc1ccc([C@H]2/C(=C(\O)c3ccc(OCc4cccc(C)c4)cc3)C(=O)C(=O)N2Cc2ccncc2)cc1. The number of ketones is 1. The third kappa shape index (κ3) is 5.20. The number of benzene rings is 3. The van der Waals surface area contributed by atoms with Gasteiger partial charge in [-0.3, -0.25) is 14.6 Å². The summed E-state index contributed by atoms with van der Waals surface area (Å²) in [6.45, 7) is 4.64. The first-order valence-electron chi connectivity index (χ1n) is 12.4. The van der Waals surface area contributed by atoms with E-state index in [2.05, 4.69) is 11.1 Å². The normalized spacial score (nSPS) is 16.6. The van der Waals surface area contributed by atoms with E-state index in [0.717, 1.165) is 27.8 Å². The number of Topliss-reactive ketones (excluding diaryl/α,β-unsaturated/α-hetero) is 1. The van der Waals surface area contributed by atoms with E-state index in [9.17, 15) is 14.7 Å². The molecule has 0 bridgehead atoms. The van der Waals surface area contributed by atoms with Crippen LogP contribution in [0.25, 0.3) is 5.76 Å². The average molecular weight is 505 g/mol. The van der Waals surface area contributed by atoms with Crippen LogP contribution in [0.5, 0.6) is 5.75 Å². The summed E-state index contributed by atoms with van der Waals surface area (Å²) in [6.07, 6.45) is 3.30. The quantitative estimate of drug-likeness (QED) is 0.193. The van der Waals surface area contributed by atoms with Crippen LogP contribution in [0.4, 0.5) is 0 Å². The second kappa shape index (κ2) is 10.7. The van der Waals surface area contributed by atoms with E-state index in [1.54, 1.807) is 48.8 Å². The molecule has 0 saturated carbocycles. The van der Waals surface area contributed by atoms with Crippen LogP contribution in [-0.2, 0) is 22.7 Å². The Morgan fingerprint density at radius 2 is 1.58 bits per heavy atom. The summed E-state index contributed by atoms with van der Waals surface area (Å²) in [7, 11) is 0. The molecule has 1 amide bonds. The van der Waals surface area contributed by atoms with Gasteiger partial charge in [-0.25, -0.2) is 0 Å². The van der Waals surface area contributed by atoms with Crippen LogP contribution >= 0.6 is 0 Å². The molecule has 1 aromatic heterocycles. The first-order chi connectivity index (χ1) is 18.4. The summed E-state index contributed by atoms with van der Waals surface area (Å²) in [4.78, 5) is 32.0. The highest BCUT2D eigenvalue weighted by Crippen LogP contribution is 2.40. The standard InChI is InChI=1S/C32H28N2O4/c1-21-6-8-25(9-7-21)29-28(31(36)32(37)34(29)19-23-14-16-33-17-15-23)30(35)26-10-12-27(13-11-26)38-20-24-5-3-4-22(2)18-24/h3-18,29,35H,19-20H2,1-2H3/b30-28+/t29-/m0/s1. The zero-order valence-electron chi connectivity index (χ0n) is 21.3. The highest BCUT2D eigenvalue weighted by molar-refractivity contribution is 6.46. The average Bonchev–Trinajstić information content (AvgIpc) is 3.18. The van der Waals surface area contributed by atoms with Gasteiger partial charge < -0.3 is 14.7 Å². The minimum Gasteiger partial charge on any atom is -0.507 e. The van der Waals surface area contributed by atoms with E-state index in [1.807, 2.05) is 56.3 Å². The molecule has 1 aliphatic rings. The molecule has 2 heterocycles. The first kappa shape index (κ1) is 25.0. The highest BCUT2D eigenvalue weighted by atomic mass is 16.5. The molecule has 38 heavy (non-hydrogen) atoms. The van der Waals surface area contributed by atoms with E-state index in [0.29, 0.717) is 17.9 Å². The maximum absolute atomic E-state index is 13.3. The van der Waals surface area contributed by atoms with Crippen molar-refractivity contribution < 1.29 is 19.4 Å². The van der Waals surface area contributed by atoms with Gasteiger partial charge in [0, 0.05) is 24.5 Å². The third-order valence-electron chi connectivity index (χ3n) is 6.65. The van der Waals surface area contributed by atoms with Crippen molar-refractivity contribution in [2.75, 3.05) is 0 Å². The molecule has 0 aliphatic carbocycles. The lowest BCUT2D eigenvalue weighted by atomic mass is 9.94. The first-order valence-corrected chi connectivity index (χ1v) is 12.4. The second-order valence-corrected chi connectivity index (χ2v) is 9.50. The van der Waals surface area contributed by atoms with Gasteiger partial charge >= 0.3 is 0 Å². The molecular weight excluding hydrogens is 476 g/mol. The number of hydrogen-bond acceptors (Lipinski definition) is 5. The number of rotatable bonds is 7. The summed E-state index contributed by atoms with van der Waals surface area (Å²) in [5.41, 5.74) is 5.38. The van der Waals surface area contributed by atoms with Crippen molar-refractivity contribution in [3.63, 3.8) is 0 Å². The predicted molar refractivity (Wildman–Crippen MR) is 145 cm³/mol. The molecule has 1 fully saturated rings. The molecule has 190 valence electrons. The van der Waals surface area contributed by atoms with Crippen molar-refractivity contribution in [2.24, 2.45) is 0 Å². The lowest BCUT2D eigenvalue weighted by Crippen LogP contribution is -2.29. The number of pyridine rings is 1. The highest BCUT2D eigenvalue weighted by Gasteiger charge is 2.46. The van der Waals surface area contributed by atoms with Crippen LogP contribution in [0.15, 0.2) is 103 Å². The molecule has 0 unspecified atom stereocenters. The molecule has 4 aromatic rings. The smallest absolute Gasteiger partial charge is 0.295 e. The number of carbonyl (C=O) groups excluding carboxylic acids is 2. The molecular formula is C32H28N2O4. The summed E-state index contributed by atoms with van der Waals surface area (Å²) in [6, 6.07) is 25.5. The minimum atomic E-state index is -0.721. The van der Waals surface area contributed by atoms with Crippen LogP contribution < -0.4 is 4.74 Å². The van der Waals surface area contributed by atoms with Crippen LogP contribution in [0.1, 0.15) is 39.4 Å². The van der Waals surface area contributed by atoms with Gasteiger partial charge in [-0.1, -0.05) is 59.7 Å². The number of aliphatic hydroxyl groups is 1. The molecule has 6 heteroatoms. The van der Waals surface area contributed by atoms with E-state index in [-0.39, 0.29) is 17.9 Å². The van der Waals surface area contributed by atoms with Crippen LogP contribution in [0.2, 0.25) is 0 Å². The van der Waals surface area contributed by atoms with E-state index >= 15 is 0 Å². The summed E-state index contributed by atoms with van der Waals surface area (Å²) in [5, 5.41) is 11.3. The lowest BCUT2D eigenvalue weighted by Gasteiger charge is -2.25. The Morgan fingerprint density at radius 3 is 2.26 bits per heavy atom. The van der Waals surface area contributed by atoms with Gasteiger partial charge in [0.2, 0.25) is 0 Å². The Bertz CT molecular complexity index is 1490. The number of nitrogens with zero attached hydrogens (tertiary/aromatic N) is 2. The Morgan fingerprint density at radius 1 is 0.868 bits per heavy atom. The number of hydrogen-bond donors (Lipinski definition) is 1. The summed E-state index contributed by atoms with van der Waals surface area (Å²) < 4.78 is 5.90. The van der Waals surface area contributed by atoms with Gasteiger partial charge in [-0.05, 0) is 66.9 Å². The van der Waals surface area contributed by atoms with Gasteiger partial charge in [0.25, 0.3) is 11.7 Å². The summed E-state index contributed by atoms with van der Waals surface area (Å²) >= 11 is 0.